The fraction of sp³-hybridized carbons (Fsp3) is 0.478. The summed E-state index contributed by atoms with van der Waals surface area (Å²) in [4.78, 5) is 42.6. The number of amides is 2. The van der Waals surface area contributed by atoms with Crippen molar-refractivity contribution in [3.63, 3.8) is 0 Å². The zero-order valence-electron chi connectivity index (χ0n) is 17.0. The highest BCUT2D eigenvalue weighted by Crippen LogP contribution is 2.30. The molecule has 0 radical (unpaired) electrons. The number of allylic oxidation sites excluding steroid dienone is 1. The minimum atomic E-state index is -0.580. The Bertz CT molecular complexity index is 966. The second kappa shape index (κ2) is 8.50. The van der Waals surface area contributed by atoms with Crippen molar-refractivity contribution < 1.29 is 18.8 Å². The number of halogens is 1. The largest absolute Gasteiger partial charge is 0.369 e. The lowest BCUT2D eigenvalue weighted by atomic mass is 9.83. The molecule has 4 rings (SSSR count). The van der Waals surface area contributed by atoms with Gasteiger partial charge in [0, 0.05) is 30.8 Å². The first-order chi connectivity index (χ1) is 14.4. The van der Waals surface area contributed by atoms with Crippen molar-refractivity contribution in [3.05, 3.63) is 46.3 Å². The van der Waals surface area contributed by atoms with Crippen LogP contribution in [0.1, 0.15) is 54.4 Å². The predicted octanol–water partition coefficient (Wildman–Crippen LogP) is 2.60. The minimum absolute atomic E-state index is 0.00273. The number of dihydropyridines is 1. The zero-order chi connectivity index (χ0) is 21.3. The van der Waals surface area contributed by atoms with Crippen LogP contribution in [0.25, 0.3) is 0 Å². The maximum absolute atomic E-state index is 14.5. The average molecular weight is 411 g/mol. The molecule has 7 heteroatoms. The quantitative estimate of drug-likeness (QED) is 0.825. The summed E-state index contributed by atoms with van der Waals surface area (Å²) >= 11 is 0. The summed E-state index contributed by atoms with van der Waals surface area (Å²) in [6, 6.07) is 4.55. The second-order valence-electron chi connectivity index (χ2n) is 8.33. The van der Waals surface area contributed by atoms with E-state index in [2.05, 4.69) is 4.99 Å². The summed E-state index contributed by atoms with van der Waals surface area (Å²) in [5.74, 6) is -1.71. The summed E-state index contributed by atoms with van der Waals surface area (Å²) in [5.41, 5.74) is 9.00. The van der Waals surface area contributed by atoms with Crippen molar-refractivity contribution in [1.29, 1.82) is 0 Å². The number of Topliss-reactive ketones (excluding diaryl/α,β-unsaturated/α-hetero) is 1. The molecule has 1 aromatic carbocycles. The number of likely N-dealkylation sites (tertiary alicyclic amines) is 1. The zero-order valence-corrected chi connectivity index (χ0v) is 17.0. The van der Waals surface area contributed by atoms with Crippen LogP contribution in [-0.2, 0) is 16.0 Å². The molecule has 1 saturated heterocycles. The fourth-order valence-corrected chi connectivity index (χ4v) is 4.66. The van der Waals surface area contributed by atoms with Gasteiger partial charge in [-0.3, -0.25) is 19.4 Å². The molecular formula is C23H26FN3O3. The molecule has 2 heterocycles. The summed E-state index contributed by atoms with van der Waals surface area (Å²) < 4.78 is 14.5. The van der Waals surface area contributed by atoms with Gasteiger partial charge in [-0.15, -0.1) is 0 Å². The average Bonchev–Trinajstić information content (AvgIpc) is 2.76. The number of benzene rings is 1. The number of piperidine rings is 1. The van der Waals surface area contributed by atoms with E-state index >= 15 is 0 Å². The van der Waals surface area contributed by atoms with Gasteiger partial charge >= 0.3 is 0 Å². The van der Waals surface area contributed by atoms with Crippen LogP contribution in [0.3, 0.4) is 0 Å². The summed E-state index contributed by atoms with van der Waals surface area (Å²) in [7, 11) is 0. The highest BCUT2D eigenvalue weighted by molar-refractivity contribution is 6.14. The highest BCUT2D eigenvalue weighted by Gasteiger charge is 2.30. The van der Waals surface area contributed by atoms with Gasteiger partial charge in [0.25, 0.3) is 5.91 Å². The molecule has 2 aliphatic heterocycles. The molecule has 30 heavy (non-hydrogen) atoms. The first kappa shape index (κ1) is 20.4. The van der Waals surface area contributed by atoms with Gasteiger partial charge in [0.05, 0.1) is 11.5 Å². The van der Waals surface area contributed by atoms with Crippen LogP contribution in [-0.4, -0.2) is 47.8 Å². The molecule has 0 spiro atoms. The first-order valence-electron chi connectivity index (χ1n) is 10.6. The van der Waals surface area contributed by atoms with Gasteiger partial charge in [0.1, 0.15) is 12.4 Å². The Morgan fingerprint density at radius 3 is 2.70 bits per heavy atom. The predicted molar refractivity (Wildman–Crippen MR) is 111 cm³/mol. The standard InChI is InChI=1S/C23H26FN3O3/c24-19-8-7-14(11-20-16-5-1-2-6-17(16)21(28)12-26-20)10-18(19)23(30)27-9-3-4-15(13-27)22(25)29/h7-8,10,15H,1-6,9,11-13H2,(H2,25,29). The molecule has 6 nitrogen and oxygen atoms in total. The molecule has 2 N–H and O–H groups in total. The number of rotatable bonds is 4. The molecule has 0 bridgehead atoms. The lowest BCUT2D eigenvalue weighted by molar-refractivity contribution is -0.123. The number of hydrogen-bond donors (Lipinski definition) is 1. The Morgan fingerprint density at radius 1 is 1.17 bits per heavy atom. The molecule has 1 aromatic rings. The molecule has 1 aliphatic carbocycles. The van der Waals surface area contributed by atoms with E-state index in [9.17, 15) is 18.8 Å². The monoisotopic (exact) mass is 411 g/mol. The fourth-order valence-electron chi connectivity index (χ4n) is 4.66. The number of ketones is 1. The lowest BCUT2D eigenvalue weighted by Crippen LogP contribution is -2.44. The van der Waals surface area contributed by atoms with Gasteiger partial charge in [-0.1, -0.05) is 6.07 Å². The Kier molecular flexibility index (Phi) is 5.79. The van der Waals surface area contributed by atoms with E-state index in [1.165, 1.54) is 11.0 Å². The first-order valence-corrected chi connectivity index (χ1v) is 10.6. The van der Waals surface area contributed by atoms with Gasteiger partial charge in [0.15, 0.2) is 5.78 Å². The van der Waals surface area contributed by atoms with E-state index in [4.69, 9.17) is 5.73 Å². The third kappa shape index (κ3) is 4.06. The van der Waals surface area contributed by atoms with E-state index in [1.54, 1.807) is 12.1 Å². The van der Waals surface area contributed by atoms with Crippen molar-refractivity contribution in [2.45, 2.75) is 44.9 Å². The van der Waals surface area contributed by atoms with Crippen LogP contribution in [0.2, 0.25) is 0 Å². The Balaban J connectivity index is 1.55. The van der Waals surface area contributed by atoms with Gasteiger partial charge in [-0.05, 0) is 61.8 Å². The molecule has 2 amide bonds. The normalized spacial score (nSPS) is 21.9. The number of aliphatic imine (C=N–C) groups is 1. The second-order valence-corrected chi connectivity index (χ2v) is 8.33. The van der Waals surface area contributed by atoms with Crippen LogP contribution in [0, 0.1) is 11.7 Å². The molecule has 158 valence electrons. The van der Waals surface area contributed by atoms with Crippen molar-refractivity contribution in [2.24, 2.45) is 16.6 Å². The molecule has 0 aromatic heterocycles. The highest BCUT2D eigenvalue weighted by atomic mass is 19.1. The Labute approximate surface area is 175 Å². The molecule has 1 fully saturated rings. The van der Waals surface area contributed by atoms with Gasteiger partial charge < -0.3 is 10.6 Å². The van der Waals surface area contributed by atoms with Crippen LogP contribution >= 0.6 is 0 Å². The number of carbonyl (C=O) groups is 3. The van der Waals surface area contributed by atoms with Crippen LogP contribution in [0.4, 0.5) is 4.39 Å². The van der Waals surface area contributed by atoms with E-state index in [-0.39, 0.29) is 30.4 Å². The van der Waals surface area contributed by atoms with E-state index < -0.39 is 17.6 Å². The summed E-state index contributed by atoms with van der Waals surface area (Å²) in [6.45, 7) is 0.879. The van der Waals surface area contributed by atoms with Crippen molar-refractivity contribution in [3.8, 4) is 0 Å². The minimum Gasteiger partial charge on any atom is -0.369 e. The van der Waals surface area contributed by atoms with E-state index in [0.29, 0.717) is 25.8 Å². The van der Waals surface area contributed by atoms with Crippen LogP contribution < -0.4 is 5.73 Å². The van der Waals surface area contributed by atoms with Crippen LogP contribution in [0.5, 0.6) is 0 Å². The molecule has 1 unspecified atom stereocenters. The molecular weight excluding hydrogens is 385 g/mol. The molecule has 1 atom stereocenters. The number of primary amides is 1. The summed E-state index contributed by atoms with van der Waals surface area (Å²) in [6.07, 6.45) is 5.49. The third-order valence-corrected chi connectivity index (χ3v) is 6.31. The van der Waals surface area contributed by atoms with Crippen molar-refractivity contribution >= 4 is 23.3 Å². The van der Waals surface area contributed by atoms with E-state index in [1.807, 2.05) is 0 Å². The lowest BCUT2D eigenvalue weighted by Gasteiger charge is -2.31. The topological polar surface area (TPSA) is 92.8 Å². The van der Waals surface area contributed by atoms with Gasteiger partial charge in [-0.25, -0.2) is 4.39 Å². The number of carbonyl (C=O) groups excluding carboxylic acids is 3. The number of nitrogens with two attached hydrogens (primary N) is 1. The Hall–Kier alpha value is -2.83. The maximum Gasteiger partial charge on any atom is 0.256 e. The third-order valence-electron chi connectivity index (χ3n) is 6.31. The SMILES string of the molecule is NC(=O)C1CCCN(C(=O)c2cc(CC3=NCC(=O)C4=C3CCCC4)ccc2F)C1. The molecule has 3 aliphatic rings. The van der Waals surface area contributed by atoms with E-state index in [0.717, 1.165) is 48.1 Å². The Morgan fingerprint density at radius 2 is 1.93 bits per heavy atom. The molecule has 0 saturated carbocycles. The summed E-state index contributed by atoms with van der Waals surface area (Å²) in [5, 5.41) is 0. The number of nitrogens with zero attached hydrogens (tertiary/aromatic N) is 2. The van der Waals surface area contributed by atoms with Gasteiger partial charge in [0.2, 0.25) is 5.91 Å². The van der Waals surface area contributed by atoms with Crippen molar-refractivity contribution in [1.82, 2.24) is 4.90 Å². The number of hydrogen-bond acceptors (Lipinski definition) is 4. The van der Waals surface area contributed by atoms with Crippen LogP contribution in [0.15, 0.2) is 34.3 Å². The maximum atomic E-state index is 14.5. The smallest absolute Gasteiger partial charge is 0.256 e. The van der Waals surface area contributed by atoms with Crippen molar-refractivity contribution in [2.75, 3.05) is 19.6 Å². The van der Waals surface area contributed by atoms with Gasteiger partial charge in [-0.2, -0.15) is 0 Å².